The SMILES string of the molecule is CCCC(CS)COc1ccc(-c2ccccc2)cc1Cl. The molecule has 2 aromatic carbocycles. The van der Waals surface area contributed by atoms with E-state index in [-0.39, 0.29) is 0 Å². The quantitative estimate of drug-likeness (QED) is 0.641. The summed E-state index contributed by atoms with van der Waals surface area (Å²) in [6, 6.07) is 16.2. The van der Waals surface area contributed by atoms with E-state index in [9.17, 15) is 0 Å². The van der Waals surface area contributed by atoms with Crippen molar-refractivity contribution in [2.75, 3.05) is 12.4 Å². The van der Waals surface area contributed by atoms with Crippen LogP contribution in [-0.2, 0) is 0 Å². The van der Waals surface area contributed by atoms with Crippen molar-refractivity contribution in [2.45, 2.75) is 19.8 Å². The van der Waals surface area contributed by atoms with Gasteiger partial charge >= 0.3 is 0 Å². The highest BCUT2D eigenvalue weighted by molar-refractivity contribution is 7.80. The van der Waals surface area contributed by atoms with Gasteiger partial charge in [0.1, 0.15) is 5.75 Å². The zero-order valence-electron chi connectivity index (χ0n) is 12.3. The maximum atomic E-state index is 6.34. The predicted molar refractivity (Wildman–Crippen MR) is 94.6 cm³/mol. The van der Waals surface area contributed by atoms with Crippen molar-refractivity contribution < 1.29 is 4.74 Å². The Bertz CT molecular complexity index is 556. The predicted octanol–water partition coefficient (Wildman–Crippen LogP) is 5.73. The number of thiol groups is 1. The van der Waals surface area contributed by atoms with Crippen molar-refractivity contribution in [1.29, 1.82) is 0 Å². The van der Waals surface area contributed by atoms with Crippen molar-refractivity contribution in [1.82, 2.24) is 0 Å². The molecule has 0 aliphatic heterocycles. The molecular weight excluding hydrogens is 300 g/mol. The van der Waals surface area contributed by atoms with Gasteiger partial charge in [-0.2, -0.15) is 12.6 Å². The molecule has 2 rings (SSSR count). The summed E-state index contributed by atoms with van der Waals surface area (Å²) in [7, 11) is 0. The van der Waals surface area contributed by atoms with Crippen molar-refractivity contribution >= 4 is 24.2 Å². The van der Waals surface area contributed by atoms with Crippen molar-refractivity contribution in [3.05, 3.63) is 53.6 Å². The fraction of sp³-hybridized carbons (Fsp3) is 0.333. The lowest BCUT2D eigenvalue weighted by Crippen LogP contribution is -2.13. The molecule has 0 heterocycles. The van der Waals surface area contributed by atoms with Crippen LogP contribution in [-0.4, -0.2) is 12.4 Å². The first-order chi connectivity index (χ1) is 10.2. The van der Waals surface area contributed by atoms with E-state index >= 15 is 0 Å². The van der Waals surface area contributed by atoms with Gasteiger partial charge in [-0.15, -0.1) is 0 Å². The minimum Gasteiger partial charge on any atom is -0.492 e. The van der Waals surface area contributed by atoms with Crippen LogP contribution in [0.2, 0.25) is 5.02 Å². The molecule has 3 heteroatoms. The molecule has 1 unspecified atom stereocenters. The molecule has 0 saturated carbocycles. The minimum atomic E-state index is 0.475. The molecule has 1 atom stereocenters. The average molecular weight is 321 g/mol. The Kier molecular flexibility index (Phi) is 6.47. The minimum absolute atomic E-state index is 0.475. The lowest BCUT2D eigenvalue weighted by Gasteiger charge is -2.16. The third-order valence-electron chi connectivity index (χ3n) is 3.47. The Labute approximate surface area is 137 Å². The van der Waals surface area contributed by atoms with Crippen LogP contribution in [0.5, 0.6) is 5.75 Å². The van der Waals surface area contributed by atoms with E-state index < -0.39 is 0 Å². The highest BCUT2D eigenvalue weighted by Gasteiger charge is 2.09. The van der Waals surface area contributed by atoms with Crippen LogP contribution >= 0.6 is 24.2 Å². The summed E-state index contributed by atoms with van der Waals surface area (Å²) in [6.45, 7) is 2.85. The summed E-state index contributed by atoms with van der Waals surface area (Å²) in [5.74, 6) is 2.07. The molecule has 0 fully saturated rings. The van der Waals surface area contributed by atoms with E-state index in [2.05, 4.69) is 31.7 Å². The van der Waals surface area contributed by atoms with E-state index in [4.69, 9.17) is 16.3 Å². The van der Waals surface area contributed by atoms with Crippen LogP contribution in [0.4, 0.5) is 0 Å². The van der Waals surface area contributed by atoms with Gasteiger partial charge in [-0.25, -0.2) is 0 Å². The maximum absolute atomic E-state index is 6.34. The fourth-order valence-corrected chi connectivity index (χ4v) is 2.79. The second-order valence-electron chi connectivity index (χ2n) is 5.16. The van der Waals surface area contributed by atoms with Gasteiger partial charge in [0.05, 0.1) is 11.6 Å². The number of ether oxygens (including phenoxy) is 1. The van der Waals surface area contributed by atoms with E-state index in [0.29, 0.717) is 17.5 Å². The summed E-state index contributed by atoms with van der Waals surface area (Å²) in [5, 5.41) is 0.658. The van der Waals surface area contributed by atoms with Gasteiger partial charge in [0.2, 0.25) is 0 Å². The second-order valence-corrected chi connectivity index (χ2v) is 5.93. The van der Waals surface area contributed by atoms with E-state index in [1.54, 1.807) is 0 Å². The van der Waals surface area contributed by atoms with Crippen LogP contribution < -0.4 is 4.74 Å². The van der Waals surface area contributed by atoms with Gasteiger partial charge in [-0.1, -0.05) is 61.3 Å². The molecule has 0 saturated heterocycles. The van der Waals surface area contributed by atoms with Gasteiger partial charge < -0.3 is 4.74 Å². The Morgan fingerprint density at radius 2 is 1.86 bits per heavy atom. The topological polar surface area (TPSA) is 9.23 Å². The van der Waals surface area contributed by atoms with Crippen molar-refractivity contribution in [2.24, 2.45) is 5.92 Å². The second kappa shape index (κ2) is 8.35. The van der Waals surface area contributed by atoms with E-state index in [0.717, 1.165) is 35.5 Å². The number of halogens is 1. The summed E-state index contributed by atoms with van der Waals surface area (Å²) in [4.78, 5) is 0. The third-order valence-corrected chi connectivity index (χ3v) is 4.28. The van der Waals surface area contributed by atoms with Crippen molar-refractivity contribution in [3.63, 3.8) is 0 Å². The first kappa shape index (κ1) is 16.3. The van der Waals surface area contributed by atoms with Gasteiger partial charge in [0, 0.05) is 5.92 Å². The number of hydrogen-bond donors (Lipinski definition) is 1. The largest absolute Gasteiger partial charge is 0.492 e. The molecule has 1 nitrogen and oxygen atoms in total. The third kappa shape index (κ3) is 4.69. The van der Waals surface area contributed by atoms with Gasteiger partial charge in [0.25, 0.3) is 0 Å². The number of hydrogen-bond acceptors (Lipinski definition) is 2. The Hall–Kier alpha value is -1.12. The smallest absolute Gasteiger partial charge is 0.137 e. The molecule has 2 aromatic rings. The van der Waals surface area contributed by atoms with Gasteiger partial charge in [0.15, 0.2) is 0 Å². The molecule has 0 aliphatic carbocycles. The first-order valence-electron chi connectivity index (χ1n) is 7.33. The Balaban J connectivity index is 2.06. The number of benzene rings is 2. The zero-order valence-corrected chi connectivity index (χ0v) is 13.9. The maximum Gasteiger partial charge on any atom is 0.137 e. The summed E-state index contributed by atoms with van der Waals surface area (Å²) < 4.78 is 5.85. The summed E-state index contributed by atoms with van der Waals surface area (Å²) in [5.41, 5.74) is 2.26. The molecule has 112 valence electrons. The average Bonchev–Trinajstić information content (AvgIpc) is 2.53. The van der Waals surface area contributed by atoms with Crippen LogP contribution in [0, 0.1) is 5.92 Å². The molecular formula is C18H21ClOS. The van der Waals surface area contributed by atoms with Crippen molar-refractivity contribution in [3.8, 4) is 16.9 Å². The van der Waals surface area contributed by atoms with E-state index in [1.807, 2.05) is 36.4 Å². The molecule has 0 radical (unpaired) electrons. The lowest BCUT2D eigenvalue weighted by molar-refractivity contribution is 0.255. The lowest BCUT2D eigenvalue weighted by atomic mass is 10.1. The van der Waals surface area contributed by atoms with Crippen LogP contribution in [0.1, 0.15) is 19.8 Å². The normalized spacial score (nSPS) is 12.1. The van der Waals surface area contributed by atoms with Crippen LogP contribution in [0.3, 0.4) is 0 Å². The standard InChI is InChI=1S/C18H21ClOS/c1-2-6-14(13-21)12-20-18-10-9-16(11-17(18)19)15-7-4-3-5-8-15/h3-5,7-11,14,21H,2,6,12-13H2,1H3. The summed E-state index contributed by atoms with van der Waals surface area (Å²) >= 11 is 10.7. The van der Waals surface area contributed by atoms with Crippen LogP contribution in [0.25, 0.3) is 11.1 Å². The first-order valence-corrected chi connectivity index (χ1v) is 8.34. The van der Waals surface area contributed by atoms with Gasteiger partial charge in [-0.3, -0.25) is 0 Å². The highest BCUT2D eigenvalue weighted by atomic mass is 35.5. The molecule has 0 amide bonds. The van der Waals surface area contributed by atoms with Crippen LogP contribution in [0.15, 0.2) is 48.5 Å². The fourth-order valence-electron chi connectivity index (χ4n) is 2.27. The Morgan fingerprint density at radius 3 is 2.48 bits per heavy atom. The zero-order chi connectivity index (χ0) is 15.1. The molecule has 0 N–H and O–H groups in total. The van der Waals surface area contributed by atoms with E-state index in [1.165, 1.54) is 0 Å². The number of rotatable bonds is 7. The molecule has 21 heavy (non-hydrogen) atoms. The summed E-state index contributed by atoms with van der Waals surface area (Å²) in [6.07, 6.45) is 2.28. The Morgan fingerprint density at radius 1 is 1.10 bits per heavy atom. The monoisotopic (exact) mass is 320 g/mol. The van der Waals surface area contributed by atoms with Gasteiger partial charge in [-0.05, 0) is 35.4 Å². The molecule has 0 aliphatic rings. The molecule has 0 spiro atoms. The molecule has 0 aromatic heterocycles. The molecule has 0 bridgehead atoms. The highest BCUT2D eigenvalue weighted by Crippen LogP contribution is 2.30.